The smallest absolute Gasteiger partial charge is 0.399 e. The lowest BCUT2D eigenvalue weighted by Crippen LogP contribution is -2.25. The standard InChI is InChI=1S/C29H26F6O/c30-25-14-22(12-13-24(25)23-15-26(31)28(27(32)16-23)36-29(33,34)35)21-10-8-20(9-11-21)19-6-4-18(5-7-19)17-2-1-3-17/h8-19H,1-7H2. The fourth-order valence-electron chi connectivity index (χ4n) is 5.64. The Kier molecular flexibility index (Phi) is 6.75. The van der Waals surface area contributed by atoms with E-state index in [-0.39, 0.29) is 11.1 Å². The molecule has 3 aromatic carbocycles. The van der Waals surface area contributed by atoms with Gasteiger partial charge >= 0.3 is 6.36 Å². The molecule has 3 aromatic rings. The van der Waals surface area contributed by atoms with Crippen LogP contribution in [0.2, 0.25) is 0 Å². The van der Waals surface area contributed by atoms with Gasteiger partial charge in [-0.3, -0.25) is 0 Å². The third-order valence-electron chi connectivity index (χ3n) is 7.80. The van der Waals surface area contributed by atoms with Crippen molar-refractivity contribution in [3.8, 4) is 28.0 Å². The average Bonchev–Trinajstić information content (AvgIpc) is 2.80. The SMILES string of the molecule is Fc1cc(-c2ccc(C3CCC(C4CCC4)CC3)cc2)ccc1-c1cc(F)c(OC(F)(F)F)c(F)c1. The number of hydrogen-bond acceptors (Lipinski definition) is 1. The first-order valence-electron chi connectivity index (χ1n) is 12.3. The second kappa shape index (κ2) is 9.83. The van der Waals surface area contributed by atoms with Crippen LogP contribution in [0.15, 0.2) is 54.6 Å². The van der Waals surface area contributed by atoms with E-state index in [0.29, 0.717) is 23.6 Å². The van der Waals surface area contributed by atoms with Crippen LogP contribution in [0.5, 0.6) is 5.75 Å². The lowest BCUT2D eigenvalue weighted by molar-refractivity contribution is -0.276. The number of rotatable bonds is 5. The average molecular weight is 505 g/mol. The Labute approximate surface area is 206 Å². The Hall–Kier alpha value is -2.96. The van der Waals surface area contributed by atoms with E-state index in [2.05, 4.69) is 16.9 Å². The van der Waals surface area contributed by atoms with Crippen LogP contribution in [-0.2, 0) is 0 Å². The molecule has 0 radical (unpaired) electrons. The Morgan fingerprint density at radius 1 is 0.611 bits per heavy atom. The predicted octanol–water partition coefficient (Wildman–Crippen LogP) is 9.41. The normalized spacial score (nSPS) is 20.7. The molecule has 190 valence electrons. The molecule has 36 heavy (non-hydrogen) atoms. The van der Waals surface area contributed by atoms with Crippen molar-refractivity contribution in [2.75, 3.05) is 0 Å². The van der Waals surface area contributed by atoms with Crippen LogP contribution >= 0.6 is 0 Å². The monoisotopic (exact) mass is 504 g/mol. The molecule has 0 N–H and O–H groups in total. The summed E-state index contributed by atoms with van der Waals surface area (Å²) in [6, 6.07) is 13.5. The molecule has 1 nitrogen and oxygen atoms in total. The Balaban J connectivity index is 1.30. The molecule has 0 spiro atoms. The van der Waals surface area contributed by atoms with E-state index >= 15 is 0 Å². The van der Waals surface area contributed by atoms with E-state index in [1.165, 1.54) is 62.6 Å². The summed E-state index contributed by atoms with van der Waals surface area (Å²) in [5.41, 5.74) is 2.33. The lowest BCUT2D eigenvalue weighted by atomic mass is 9.67. The highest BCUT2D eigenvalue weighted by Gasteiger charge is 2.34. The number of benzene rings is 3. The summed E-state index contributed by atoms with van der Waals surface area (Å²) in [6.45, 7) is 0. The highest BCUT2D eigenvalue weighted by Crippen LogP contribution is 2.45. The van der Waals surface area contributed by atoms with Gasteiger partial charge in [0.1, 0.15) is 5.82 Å². The Morgan fingerprint density at radius 2 is 1.17 bits per heavy atom. The first-order valence-corrected chi connectivity index (χ1v) is 12.3. The Bertz CT molecular complexity index is 1200. The minimum absolute atomic E-state index is 0.130. The molecule has 2 aliphatic carbocycles. The zero-order valence-corrected chi connectivity index (χ0v) is 19.6. The highest BCUT2D eigenvalue weighted by atomic mass is 19.4. The van der Waals surface area contributed by atoms with Gasteiger partial charge in [0.15, 0.2) is 11.6 Å². The van der Waals surface area contributed by atoms with E-state index in [0.717, 1.165) is 17.4 Å². The minimum atomic E-state index is -5.25. The maximum absolute atomic E-state index is 14.9. The molecule has 2 fully saturated rings. The zero-order valence-electron chi connectivity index (χ0n) is 19.6. The quantitative estimate of drug-likeness (QED) is 0.315. The third kappa shape index (κ3) is 5.25. The minimum Gasteiger partial charge on any atom is -0.399 e. The van der Waals surface area contributed by atoms with Gasteiger partial charge in [-0.1, -0.05) is 55.7 Å². The van der Waals surface area contributed by atoms with Crippen molar-refractivity contribution < 1.29 is 31.1 Å². The maximum atomic E-state index is 14.9. The van der Waals surface area contributed by atoms with Crippen molar-refractivity contribution in [1.29, 1.82) is 0 Å². The molecular formula is C29H26F6O. The molecule has 0 aliphatic heterocycles. The first-order chi connectivity index (χ1) is 17.2. The molecular weight excluding hydrogens is 478 g/mol. The largest absolute Gasteiger partial charge is 0.573 e. The molecule has 2 saturated carbocycles. The summed E-state index contributed by atoms with van der Waals surface area (Å²) in [5.74, 6) is -3.08. The van der Waals surface area contributed by atoms with Crippen LogP contribution in [0.4, 0.5) is 26.3 Å². The summed E-state index contributed by atoms with van der Waals surface area (Å²) in [7, 11) is 0. The fraction of sp³-hybridized carbons (Fsp3) is 0.379. The molecule has 0 heterocycles. The van der Waals surface area contributed by atoms with Crippen LogP contribution in [0.1, 0.15) is 56.4 Å². The van der Waals surface area contributed by atoms with Gasteiger partial charge in [-0.05, 0) is 83.9 Å². The van der Waals surface area contributed by atoms with Gasteiger partial charge in [-0.2, -0.15) is 0 Å². The van der Waals surface area contributed by atoms with Crippen LogP contribution in [0.3, 0.4) is 0 Å². The molecule has 0 atom stereocenters. The van der Waals surface area contributed by atoms with Gasteiger partial charge < -0.3 is 4.74 Å². The van der Waals surface area contributed by atoms with Gasteiger partial charge in [0.25, 0.3) is 0 Å². The summed E-state index contributed by atoms with van der Waals surface area (Å²) in [4.78, 5) is 0. The number of alkyl halides is 3. The van der Waals surface area contributed by atoms with Crippen molar-refractivity contribution in [3.63, 3.8) is 0 Å². The molecule has 7 heteroatoms. The first kappa shape index (κ1) is 24.7. The van der Waals surface area contributed by atoms with E-state index < -0.39 is 29.6 Å². The zero-order chi connectivity index (χ0) is 25.4. The van der Waals surface area contributed by atoms with E-state index in [9.17, 15) is 26.3 Å². The Morgan fingerprint density at radius 3 is 1.69 bits per heavy atom. The van der Waals surface area contributed by atoms with E-state index in [1.807, 2.05) is 12.1 Å². The van der Waals surface area contributed by atoms with Gasteiger partial charge in [0, 0.05) is 5.56 Å². The molecule has 0 saturated heterocycles. The predicted molar refractivity (Wildman–Crippen MR) is 126 cm³/mol. The van der Waals surface area contributed by atoms with Crippen molar-refractivity contribution in [1.82, 2.24) is 0 Å². The summed E-state index contributed by atoms with van der Waals surface area (Å²) in [5, 5.41) is 0. The van der Waals surface area contributed by atoms with E-state index in [4.69, 9.17) is 0 Å². The summed E-state index contributed by atoms with van der Waals surface area (Å²) >= 11 is 0. The molecule has 0 aromatic heterocycles. The topological polar surface area (TPSA) is 9.23 Å². The van der Waals surface area contributed by atoms with Gasteiger partial charge in [-0.15, -0.1) is 13.2 Å². The van der Waals surface area contributed by atoms with Crippen molar-refractivity contribution in [2.24, 2.45) is 11.8 Å². The molecule has 5 rings (SSSR count). The molecule has 0 unspecified atom stereocenters. The van der Waals surface area contributed by atoms with Crippen molar-refractivity contribution >= 4 is 0 Å². The second-order valence-corrected chi connectivity index (χ2v) is 9.94. The van der Waals surface area contributed by atoms with E-state index in [1.54, 1.807) is 6.07 Å². The molecule has 2 aliphatic rings. The third-order valence-corrected chi connectivity index (χ3v) is 7.80. The molecule has 0 amide bonds. The van der Waals surface area contributed by atoms with Gasteiger partial charge in [0.05, 0.1) is 0 Å². The number of hydrogen-bond donors (Lipinski definition) is 0. The number of ether oxygens (including phenoxy) is 1. The second-order valence-electron chi connectivity index (χ2n) is 9.94. The van der Waals surface area contributed by atoms with Crippen LogP contribution in [0.25, 0.3) is 22.3 Å². The lowest BCUT2D eigenvalue weighted by Gasteiger charge is -2.38. The maximum Gasteiger partial charge on any atom is 0.573 e. The highest BCUT2D eigenvalue weighted by molar-refractivity contribution is 5.71. The summed E-state index contributed by atoms with van der Waals surface area (Å²) in [6.07, 6.45) is 3.88. The van der Waals surface area contributed by atoms with Crippen LogP contribution in [-0.4, -0.2) is 6.36 Å². The fourth-order valence-corrected chi connectivity index (χ4v) is 5.64. The van der Waals surface area contributed by atoms with Crippen LogP contribution < -0.4 is 4.74 Å². The molecule has 0 bridgehead atoms. The van der Waals surface area contributed by atoms with Gasteiger partial charge in [-0.25, -0.2) is 13.2 Å². The van der Waals surface area contributed by atoms with Crippen molar-refractivity contribution in [2.45, 2.75) is 57.2 Å². The van der Waals surface area contributed by atoms with Crippen molar-refractivity contribution in [3.05, 3.63) is 77.6 Å². The van der Waals surface area contributed by atoms with Gasteiger partial charge in [0.2, 0.25) is 5.75 Å². The number of halogens is 6. The van der Waals surface area contributed by atoms with Crippen LogP contribution in [0, 0.1) is 29.3 Å². The summed E-state index contributed by atoms with van der Waals surface area (Å²) < 4.78 is 83.6.